The van der Waals surface area contributed by atoms with E-state index in [2.05, 4.69) is 25.2 Å². The van der Waals surface area contributed by atoms with Gasteiger partial charge in [-0.2, -0.15) is 0 Å². The molecule has 9 heteroatoms. The van der Waals surface area contributed by atoms with Crippen molar-refractivity contribution in [3.05, 3.63) is 42.7 Å². The molecular weight excluding hydrogens is 346 g/mol. The van der Waals surface area contributed by atoms with Gasteiger partial charge < -0.3 is 15.4 Å². The molecular formula is C18H19N7O2. The summed E-state index contributed by atoms with van der Waals surface area (Å²) in [4.78, 5) is 10.8. The molecule has 0 saturated carbocycles. The van der Waals surface area contributed by atoms with Gasteiger partial charge in [-0.1, -0.05) is 6.07 Å². The summed E-state index contributed by atoms with van der Waals surface area (Å²) in [6.45, 7) is 1.42. The molecule has 9 nitrogen and oxygen atoms in total. The Morgan fingerprint density at radius 1 is 1.22 bits per heavy atom. The van der Waals surface area contributed by atoms with Crippen molar-refractivity contribution >= 4 is 16.9 Å². The Hall–Kier alpha value is -3.46. The summed E-state index contributed by atoms with van der Waals surface area (Å²) in [6, 6.07) is 9.65. The first-order valence-corrected chi connectivity index (χ1v) is 8.42. The van der Waals surface area contributed by atoms with Crippen LogP contribution in [-0.4, -0.2) is 57.0 Å². The number of rotatable bonds is 6. The van der Waals surface area contributed by atoms with Gasteiger partial charge in [0.25, 0.3) is 0 Å². The lowest BCUT2D eigenvalue weighted by Crippen LogP contribution is -2.19. The van der Waals surface area contributed by atoms with E-state index in [0.29, 0.717) is 23.6 Å². The second-order valence-electron chi connectivity index (χ2n) is 6.28. The fraction of sp³-hybridized carbons (Fsp3) is 0.222. The maximum absolute atomic E-state index is 5.90. The van der Waals surface area contributed by atoms with Crippen molar-refractivity contribution in [3.8, 4) is 23.0 Å². The smallest absolute Gasteiger partial charge is 0.199 e. The van der Waals surface area contributed by atoms with Crippen LogP contribution < -0.4 is 10.5 Å². The number of ether oxygens (including phenoxy) is 1. The molecule has 27 heavy (non-hydrogen) atoms. The highest BCUT2D eigenvalue weighted by Gasteiger charge is 2.20. The molecule has 3 aromatic heterocycles. The van der Waals surface area contributed by atoms with E-state index in [1.807, 2.05) is 49.0 Å². The average molecular weight is 365 g/mol. The number of nitrogen functional groups attached to an aromatic ring is 1. The second-order valence-corrected chi connectivity index (χ2v) is 6.28. The first kappa shape index (κ1) is 17.0. The van der Waals surface area contributed by atoms with Crippen molar-refractivity contribution in [2.45, 2.75) is 0 Å². The van der Waals surface area contributed by atoms with Crippen LogP contribution in [0.15, 0.2) is 47.4 Å². The molecule has 3 heterocycles. The molecule has 0 unspecified atom stereocenters. The quantitative estimate of drug-likeness (QED) is 0.553. The average Bonchev–Trinajstić information content (AvgIpc) is 3.24. The van der Waals surface area contributed by atoms with Gasteiger partial charge in [0.15, 0.2) is 17.3 Å². The van der Waals surface area contributed by atoms with Gasteiger partial charge in [0.1, 0.15) is 17.9 Å². The minimum Gasteiger partial charge on any atom is -0.492 e. The summed E-state index contributed by atoms with van der Waals surface area (Å²) in [6.07, 6.45) is 3.41. The summed E-state index contributed by atoms with van der Waals surface area (Å²) < 4.78 is 12.6. The Balaban J connectivity index is 1.80. The molecule has 0 aliphatic heterocycles. The molecule has 0 atom stereocenters. The van der Waals surface area contributed by atoms with Crippen LogP contribution in [0.25, 0.3) is 28.2 Å². The standard InChI is InChI=1S/C18H19N7O2/c1-24(2)8-9-26-13-5-3-4-12(10-13)25-15-6-7-20-11-14(15)21-18(25)16-17(19)23-27-22-16/h3-7,10-11H,8-9H2,1-2H3,(H2,19,23). The fourth-order valence-corrected chi connectivity index (χ4v) is 2.76. The Morgan fingerprint density at radius 2 is 2.11 bits per heavy atom. The predicted molar refractivity (Wildman–Crippen MR) is 101 cm³/mol. The lowest BCUT2D eigenvalue weighted by atomic mass is 10.2. The zero-order valence-corrected chi connectivity index (χ0v) is 15.0. The summed E-state index contributed by atoms with van der Waals surface area (Å²) in [5, 5.41) is 7.57. The van der Waals surface area contributed by atoms with E-state index in [0.717, 1.165) is 23.5 Å². The molecule has 0 bridgehead atoms. The van der Waals surface area contributed by atoms with Crippen LogP contribution in [0.3, 0.4) is 0 Å². The van der Waals surface area contributed by atoms with Crippen LogP contribution >= 0.6 is 0 Å². The van der Waals surface area contributed by atoms with Crippen molar-refractivity contribution in [2.75, 3.05) is 33.0 Å². The number of fused-ring (bicyclic) bond motifs is 1. The number of hydrogen-bond acceptors (Lipinski definition) is 8. The number of anilines is 1. The number of aromatic nitrogens is 5. The van der Waals surface area contributed by atoms with E-state index < -0.39 is 0 Å². The van der Waals surface area contributed by atoms with Crippen LogP contribution in [0.4, 0.5) is 5.82 Å². The number of likely N-dealkylation sites (N-methyl/N-ethyl adjacent to an activating group) is 1. The predicted octanol–water partition coefficient (Wildman–Crippen LogP) is 1.99. The molecule has 138 valence electrons. The fourth-order valence-electron chi connectivity index (χ4n) is 2.76. The van der Waals surface area contributed by atoms with Gasteiger partial charge >= 0.3 is 0 Å². The second kappa shape index (κ2) is 7.04. The maximum Gasteiger partial charge on any atom is 0.199 e. The van der Waals surface area contributed by atoms with E-state index in [1.165, 1.54) is 0 Å². The van der Waals surface area contributed by atoms with Gasteiger partial charge in [-0.25, -0.2) is 9.61 Å². The van der Waals surface area contributed by atoms with E-state index >= 15 is 0 Å². The van der Waals surface area contributed by atoms with Gasteiger partial charge in [-0.3, -0.25) is 9.55 Å². The van der Waals surface area contributed by atoms with Gasteiger partial charge in [0, 0.05) is 18.8 Å². The Bertz CT molecular complexity index is 1070. The number of pyridine rings is 1. The molecule has 0 aliphatic rings. The van der Waals surface area contributed by atoms with E-state index in [-0.39, 0.29) is 5.82 Å². The van der Waals surface area contributed by atoms with Crippen LogP contribution in [0, 0.1) is 0 Å². The third kappa shape index (κ3) is 3.32. The molecule has 0 fully saturated rings. The monoisotopic (exact) mass is 365 g/mol. The van der Waals surface area contributed by atoms with Gasteiger partial charge in [0.2, 0.25) is 0 Å². The lowest BCUT2D eigenvalue weighted by molar-refractivity contribution is 0.261. The van der Waals surface area contributed by atoms with Crippen LogP contribution in [0.2, 0.25) is 0 Å². The van der Waals surface area contributed by atoms with Crippen molar-refractivity contribution in [3.63, 3.8) is 0 Å². The SMILES string of the molecule is CN(C)CCOc1cccc(-n2c(-c3nonc3N)nc3cnccc32)c1. The lowest BCUT2D eigenvalue weighted by Gasteiger charge is -2.13. The Labute approximate surface area is 155 Å². The van der Waals surface area contributed by atoms with E-state index in [4.69, 9.17) is 15.1 Å². The minimum atomic E-state index is 0.179. The molecule has 0 saturated heterocycles. The molecule has 0 spiro atoms. The Morgan fingerprint density at radius 3 is 2.89 bits per heavy atom. The third-order valence-electron chi connectivity index (χ3n) is 4.07. The zero-order chi connectivity index (χ0) is 18.8. The first-order chi connectivity index (χ1) is 13.1. The summed E-state index contributed by atoms with van der Waals surface area (Å²) in [5.41, 5.74) is 8.73. The van der Waals surface area contributed by atoms with E-state index in [1.54, 1.807) is 12.4 Å². The van der Waals surface area contributed by atoms with Crippen LogP contribution in [0.5, 0.6) is 5.75 Å². The van der Waals surface area contributed by atoms with Gasteiger partial charge in [0.05, 0.1) is 17.4 Å². The number of benzene rings is 1. The third-order valence-corrected chi connectivity index (χ3v) is 4.07. The maximum atomic E-state index is 5.90. The topological polar surface area (TPSA) is 108 Å². The summed E-state index contributed by atoms with van der Waals surface area (Å²) in [7, 11) is 4.02. The van der Waals surface area contributed by atoms with Crippen molar-refractivity contribution < 1.29 is 9.37 Å². The number of imidazole rings is 1. The molecule has 4 aromatic rings. The molecule has 1 aromatic carbocycles. The van der Waals surface area contributed by atoms with Crippen molar-refractivity contribution in [2.24, 2.45) is 0 Å². The minimum absolute atomic E-state index is 0.179. The largest absolute Gasteiger partial charge is 0.492 e. The highest BCUT2D eigenvalue weighted by atomic mass is 16.6. The van der Waals surface area contributed by atoms with Gasteiger partial charge in [-0.05, 0) is 42.6 Å². The summed E-state index contributed by atoms with van der Waals surface area (Å²) >= 11 is 0. The molecule has 0 aliphatic carbocycles. The van der Waals surface area contributed by atoms with Crippen LogP contribution in [-0.2, 0) is 0 Å². The molecule has 2 N–H and O–H groups in total. The number of nitrogens with two attached hydrogens (primary N) is 1. The van der Waals surface area contributed by atoms with E-state index in [9.17, 15) is 0 Å². The zero-order valence-electron chi connectivity index (χ0n) is 15.0. The van der Waals surface area contributed by atoms with Crippen LogP contribution in [0.1, 0.15) is 0 Å². The summed E-state index contributed by atoms with van der Waals surface area (Å²) in [5.74, 6) is 1.47. The number of hydrogen-bond donors (Lipinski definition) is 1. The van der Waals surface area contributed by atoms with Crippen molar-refractivity contribution in [1.29, 1.82) is 0 Å². The van der Waals surface area contributed by atoms with Crippen molar-refractivity contribution in [1.82, 2.24) is 29.7 Å². The normalized spacial score (nSPS) is 11.4. The molecule has 0 amide bonds. The molecule has 0 radical (unpaired) electrons. The Kier molecular flexibility index (Phi) is 4.43. The highest BCUT2D eigenvalue weighted by Crippen LogP contribution is 2.30. The van der Waals surface area contributed by atoms with Gasteiger partial charge in [-0.15, -0.1) is 0 Å². The first-order valence-electron chi connectivity index (χ1n) is 8.42. The number of nitrogens with zero attached hydrogens (tertiary/aromatic N) is 6. The highest BCUT2D eigenvalue weighted by molar-refractivity contribution is 5.83. The molecule has 4 rings (SSSR count).